The van der Waals surface area contributed by atoms with Gasteiger partial charge in [-0.2, -0.15) is 0 Å². The van der Waals surface area contributed by atoms with Gasteiger partial charge >= 0.3 is 0 Å². The number of carbonyl (C=O) groups excluding carboxylic acids is 2. The smallest absolute Gasteiger partial charge is 0.264 e. The van der Waals surface area contributed by atoms with Crippen molar-refractivity contribution in [2.45, 2.75) is 32.9 Å². The summed E-state index contributed by atoms with van der Waals surface area (Å²) in [6.07, 6.45) is -0.584. The molecule has 0 saturated carbocycles. The maximum Gasteiger partial charge on any atom is 0.264 e. The molecule has 20 heavy (non-hydrogen) atoms. The molecule has 0 aromatic carbocycles. The summed E-state index contributed by atoms with van der Waals surface area (Å²) in [4.78, 5) is 27.9. The number of thiophene rings is 1. The second kappa shape index (κ2) is 7.40. The Balaban J connectivity index is 2.65. The first-order valence-electron chi connectivity index (χ1n) is 6.59. The molecule has 0 radical (unpaired) electrons. The summed E-state index contributed by atoms with van der Waals surface area (Å²) >= 11 is 1.36. The Morgan fingerprint density at radius 3 is 2.45 bits per heavy atom. The van der Waals surface area contributed by atoms with E-state index in [1.807, 2.05) is 19.2 Å². The number of likely N-dealkylation sites (N-methyl/N-ethyl adjacent to an activating group) is 1. The van der Waals surface area contributed by atoms with Crippen LogP contribution in [0.5, 0.6) is 0 Å². The largest absolute Gasteiger partial charge is 0.392 e. The van der Waals surface area contributed by atoms with Crippen molar-refractivity contribution in [1.29, 1.82) is 0 Å². The first-order valence-corrected chi connectivity index (χ1v) is 7.47. The van der Waals surface area contributed by atoms with Gasteiger partial charge in [0.05, 0.1) is 17.5 Å². The van der Waals surface area contributed by atoms with E-state index in [4.69, 9.17) is 0 Å². The molecule has 5 nitrogen and oxygen atoms in total. The predicted octanol–water partition coefficient (Wildman–Crippen LogP) is 1.44. The molecule has 1 rings (SSSR count). The molecule has 1 aromatic heterocycles. The zero-order valence-electron chi connectivity index (χ0n) is 12.4. The molecule has 112 valence electrons. The first-order chi connectivity index (χ1) is 9.32. The van der Waals surface area contributed by atoms with Crippen LogP contribution in [0.4, 0.5) is 0 Å². The number of nitrogens with zero attached hydrogens (tertiary/aromatic N) is 2. The van der Waals surface area contributed by atoms with Crippen molar-refractivity contribution < 1.29 is 14.7 Å². The molecule has 0 fully saturated rings. The van der Waals surface area contributed by atoms with Gasteiger partial charge in [0.2, 0.25) is 5.91 Å². The van der Waals surface area contributed by atoms with E-state index in [0.29, 0.717) is 4.88 Å². The Hall–Kier alpha value is -1.40. The summed E-state index contributed by atoms with van der Waals surface area (Å²) in [5, 5.41) is 11.3. The van der Waals surface area contributed by atoms with Gasteiger partial charge in [-0.15, -0.1) is 11.3 Å². The number of aliphatic hydroxyl groups is 1. The van der Waals surface area contributed by atoms with Crippen LogP contribution in [-0.2, 0) is 4.79 Å². The predicted molar refractivity (Wildman–Crippen MR) is 79.8 cm³/mol. The van der Waals surface area contributed by atoms with Gasteiger partial charge in [-0.05, 0) is 32.2 Å². The number of carbonyl (C=O) groups is 2. The molecule has 0 aliphatic carbocycles. The normalized spacial score (nSPS) is 12.3. The Morgan fingerprint density at radius 2 is 2.00 bits per heavy atom. The van der Waals surface area contributed by atoms with E-state index in [0.717, 1.165) is 0 Å². The Labute approximate surface area is 123 Å². The van der Waals surface area contributed by atoms with Crippen LogP contribution in [0, 0.1) is 0 Å². The third-order valence-corrected chi connectivity index (χ3v) is 3.71. The highest BCUT2D eigenvalue weighted by atomic mass is 32.1. The minimum atomic E-state index is -0.584. The van der Waals surface area contributed by atoms with Gasteiger partial charge in [0, 0.05) is 19.6 Å². The van der Waals surface area contributed by atoms with Crippen LogP contribution in [0.3, 0.4) is 0 Å². The van der Waals surface area contributed by atoms with Crippen molar-refractivity contribution >= 4 is 23.2 Å². The highest BCUT2D eigenvalue weighted by Gasteiger charge is 2.22. The van der Waals surface area contributed by atoms with Crippen LogP contribution in [0.15, 0.2) is 17.5 Å². The van der Waals surface area contributed by atoms with E-state index >= 15 is 0 Å². The highest BCUT2D eigenvalue weighted by Crippen LogP contribution is 2.11. The second-order valence-corrected chi connectivity index (χ2v) is 6.08. The lowest BCUT2D eigenvalue weighted by Gasteiger charge is -2.29. The number of rotatable bonds is 6. The number of hydrogen-bond acceptors (Lipinski definition) is 4. The van der Waals surface area contributed by atoms with Crippen LogP contribution < -0.4 is 0 Å². The average molecular weight is 298 g/mol. The maximum absolute atomic E-state index is 12.2. The molecule has 1 heterocycles. The lowest BCUT2D eigenvalue weighted by molar-refractivity contribution is -0.134. The zero-order valence-corrected chi connectivity index (χ0v) is 13.2. The number of aliphatic hydroxyl groups excluding tert-OH is 1. The van der Waals surface area contributed by atoms with Crippen molar-refractivity contribution in [1.82, 2.24) is 9.80 Å². The summed E-state index contributed by atoms with van der Waals surface area (Å²) in [5.74, 6) is -0.317. The van der Waals surface area contributed by atoms with Crippen LogP contribution in [0.2, 0.25) is 0 Å². The van der Waals surface area contributed by atoms with Crippen LogP contribution in [0.1, 0.15) is 30.4 Å². The fraction of sp³-hybridized carbons (Fsp3) is 0.571. The third kappa shape index (κ3) is 4.61. The summed E-state index contributed by atoms with van der Waals surface area (Å²) in [7, 11) is 1.61. The molecule has 0 aliphatic heterocycles. The van der Waals surface area contributed by atoms with Gasteiger partial charge in [-0.25, -0.2) is 0 Å². The monoisotopic (exact) mass is 298 g/mol. The molecule has 1 unspecified atom stereocenters. The minimum absolute atomic E-state index is 0.0117. The molecule has 6 heteroatoms. The first kappa shape index (κ1) is 16.7. The summed E-state index contributed by atoms with van der Waals surface area (Å²) in [5.41, 5.74) is 0. The lowest BCUT2D eigenvalue weighted by Crippen LogP contribution is -2.46. The minimum Gasteiger partial charge on any atom is -0.392 e. The Morgan fingerprint density at radius 1 is 1.35 bits per heavy atom. The summed E-state index contributed by atoms with van der Waals surface area (Å²) in [6.45, 7) is 5.71. The highest BCUT2D eigenvalue weighted by molar-refractivity contribution is 7.12. The molecule has 2 amide bonds. The quantitative estimate of drug-likeness (QED) is 0.864. The Kier molecular flexibility index (Phi) is 6.16. The van der Waals surface area contributed by atoms with Crippen LogP contribution >= 0.6 is 11.3 Å². The molecule has 1 N–H and O–H groups in total. The molecule has 1 atom stereocenters. The summed E-state index contributed by atoms with van der Waals surface area (Å²) in [6, 6.07) is 3.54. The fourth-order valence-corrected chi connectivity index (χ4v) is 2.56. The van der Waals surface area contributed by atoms with Gasteiger partial charge in [0.25, 0.3) is 5.91 Å². The van der Waals surface area contributed by atoms with E-state index in [1.54, 1.807) is 31.0 Å². The van der Waals surface area contributed by atoms with Gasteiger partial charge in [-0.1, -0.05) is 6.07 Å². The molecule has 0 bridgehead atoms. The van der Waals surface area contributed by atoms with Gasteiger partial charge < -0.3 is 14.9 Å². The van der Waals surface area contributed by atoms with E-state index in [2.05, 4.69) is 0 Å². The second-order valence-electron chi connectivity index (χ2n) is 5.13. The van der Waals surface area contributed by atoms with Crippen molar-refractivity contribution in [2.75, 3.05) is 20.1 Å². The van der Waals surface area contributed by atoms with E-state index in [1.165, 1.54) is 16.2 Å². The van der Waals surface area contributed by atoms with Gasteiger partial charge in [0.1, 0.15) is 0 Å². The van der Waals surface area contributed by atoms with Crippen molar-refractivity contribution in [3.05, 3.63) is 22.4 Å². The standard InChI is InChI=1S/C14H22N2O3S/c1-10(2)16(8-11(3)17)13(18)9-15(4)14(19)12-6-5-7-20-12/h5-7,10-11,17H,8-9H2,1-4H3. The Bertz CT molecular complexity index is 443. The van der Waals surface area contributed by atoms with E-state index < -0.39 is 6.10 Å². The van der Waals surface area contributed by atoms with Crippen LogP contribution in [-0.4, -0.2) is 59.0 Å². The topological polar surface area (TPSA) is 60.9 Å². The van der Waals surface area contributed by atoms with Crippen LogP contribution in [0.25, 0.3) is 0 Å². The maximum atomic E-state index is 12.2. The van der Waals surface area contributed by atoms with Gasteiger partial charge in [-0.3, -0.25) is 9.59 Å². The van der Waals surface area contributed by atoms with E-state index in [-0.39, 0.29) is 30.9 Å². The SMILES string of the molecule is CC(O)CN(C(=O)CN(C)C(=O)c1cccs1)C(C)C. The fourth-order valence-electron chi connectivity index (χ4n) is 1.84. The average Bonchev–Trinajstić information content (AvgIpc) is 2.87. The molecular formula is C14H22N2O3S. The summed E-state index contributed by atoms with van der Waals surface area (Å²) < 4.78 is 0. The van der Waals surface area contributed by atoms with Gasteiger partial charge in [0.15, 0.2) is 0 Å². The molecule has 0 spiro atoms. The molecular weight excluding hydrogens is 276 g/mol. The molecule has 1 aromatic rings. The number of hydrogen-bond donors (Lipinski definition) is 1. The van der Waals surface area contributed by atoms with E-state index in [9.17, 15) is 14.7 Å². The van der Waals surface area contributed by atoms with Crippen molar-refractivity contribution in [3.63, 3.8) is 0 Å². The number of amides is 2. The zero-order chi connectivity index (χ0) is 15.3. The molecule has 0 aliphatic rings. The third-order valence-electron chi connectivity index (χ3n) is 2.86. The lowest BCUT2D eigenvalue weighted by atomic mass is 10.2. The molecule has 0 saturated heterocycles. The van der Waals surface area contributed by atoms with Crippen molar-refractivity contribution in [3.8, 4) is 0 Å². The van der Waals surface area contributed by atoms with Crippen molar-refractivity contribution in [2.24, 2.45) is 0 Å².